The van der Waals surface area contributed by atoms with Gasteiger partial charge in [0.05, 0.1) is 7.11 Å². The molecule has 0 aliphatic heterocycles. The molecule has 0 heterocycles. The number of nitrogens with zero attached hydrogens (tertiary/aromatic N) is 1. The van der Waals surface area contributed by atoms with Crippen molar-refractivity contribution in [3.63, 3.8) is 0 Å². The highest BCUT2D eigenvalue weighted by Crippen LogP contribution is 2.17. The van der Waals surface area contributed by atoms with Gasteiger partial charge in [-0.3, -0.25) is 0 Å². The lowest BCUT2D eigenvalue weighted by molar-refractivity contribution is 0.206. The van der Waals surface area contributed by atoms with E-state index in [1.54, 1.807) is 20.2 Å². The summed E-state index contributed by atoms with van der Waals surface area (Å²) in [5, 5.41) is 2.73. The van der Waals surface area contributed by atoms with Crippen LogP contribution in [0.1, 0.15) is 11.1 Å². The van der Waals surface area contributed by atoms with E-state index in [4.69, 9.17) is 4.74 Å². The maximum atomic E-state index is 13.6. The molecule has 6 heteroatoms. The molecule has 0 saturated carbocycles. The average Bonchev–Trinajstić information content (AvgIpc) is 2.55. The summed E-state index contributed by atoms with van der Waals surface area (Å²) < 4.78 is 31.7. The van der Waals surface area contributed by atoms with Crippen LogP contribution in [-0.2, 0) is 13.1 Å². The number of carbonyl (C=O) groups excluding carboxylic acids is 1. The Balaban J connectivity index is 1.95. The molecule has 2 rings (SSSR count). The number of ether oxygens (including phenoxy) is 1. The molecule has 0 aliphatic carbocycles. The minimum Gasteiger partial charge on any atom is -0.496 e. The van der Waals surface area contributed by atoms with E-state index >= 15 is 0 Å². The van der Waals surface area contributed by atoms with Crippen LogP contribution < -0.4 is 10.1 Å². The molecule has 0 bridgehead atoms. The van der Waals surface area contributed by atoms with E-state index in [1.807, 2.05) is 18.2 Å². The summed E-state index contributed by atoms with van der Waals surface area (Å²) in [5.74, 6) is -0.635. The van der Waals surface area contributed by atoms with E-state index in [0.717, 1.165) is 11.6 Å². The summed E-state index contributed by atoms with van der Waals surface area (Å²) in [7, 11) is 3.10. The third-order valence-electron chi connectivity index (χ3n) is 3.39. The molecule has 23 heavy (non-hydrogen) atoms. The largest absolute Gasteiger partial charge is 0.496 e. The molecular weight excluding hydrogens is 302 g/mol. The molecule has 0 radical (unpaired) electrons. The zero-order valence-electron chi connectivity index (χ0n) is 13.0. The van der Waals surface area contributed by atoms with E-state index in [-0.39, 0.29) is 18.1 Å². The van der Waals surface area contributed by atoms with Gasteiger partial charge in [0.2, 0.25) is 0 Å². The SMILES string of the molecule is COc1ccccc1CNC(=O)N(C)Cc1ccc(F)cc1F. The average molecular weight is 320 g/mol. The number of hydrogen-bond acceptors (Lipinski definition) is 2. The number of hydrogen-bond donors (Lipinski definition) is 1. The van der Waals surface area contributed by atoms with E-state index < -0.39 is 11.6 Å². The zero-order valence-corrected chi connectivity index (χ0v) is 13.0. The summed E-state index contributed by atoms with van der Waals surface area (Å²) in [6, 6.07) is 10.3. The molecule has 0 aliphatic rings. The van der Waals surface area contributed by atoms with Crippen LogP contribution in [0.15, 0.2) is 42.5 Å². The molecule has 2 aromatic rings. The maximum Gasteiger partial charge on any atom is 0.317 e. The predicted octanol–water partition coefficient (Wildman–Crippen LogP) is 3.32. The van der Waals surface area contributed by atoms with Gasteiger partial charge in [-0.05, 0) is 12.1 Å². The standard InChI is InChI=1S/C17H18F2N2O2/c1-21(11-13-7-8-14(18)9-15(13)19)17(22)20-10-12-5-3-4-6-16(12)23-2/h3-9H,10-11H2,1-2H3,(H,20,22). The van der Waals surface area contributed by atoms with Crippen LogP contribution in [0.5, 0.6) is 5.75 Å². The van der Waals surface area contributed by atoms with Crippen molar-refractivity contribution in [2.24, 2.45) is 0 Å². The number of nitrogens with one attached hydrogen (secondary N) is 1. The van der Waals surface area contributed by atoms with Crippen molar-refractivity contribution in [2.75, 3.05) is 14.2 Å². The van der Waals surface area contributed by atoms with Crippen LogP contribution in [0.3, 0.4) is 0 Å². The fraction of sp³-hybridized carbons (Fsp3) is 0.235. The first-order chi connectivity index (χ1) is 11.0. The molecule has 0 unspecified atom stereocenters. The Labute approximate surface area is 133 Å². The summed E-state index contributed by atoms with van der Waals surface area (Å²) in [5.41, 5.74) is 1.09. The Morgan fingerprint density at radius 3 is 2.61 bits per heavy atom. The fourth-order valence-electron chi connectivity index (χ4n) is 2.13. The Bertz CT molecular complexity index is 692. The van der Waals surface area contributed by atoms with Crippen molar-refractivity contribution in [3.8, 4) is 5.75 Å². The van der Waals surface area contributed by atoms with Crippen LogP contribution >= 0.6 is 0 Å². The van der Waals surface area contributed by atoms with Gasteiger partial charge in [0.25, 0.3) is 0 Å². The molecule has 4 nitrogen and oxygen atoms in total. The second kappa shape index (κ2) is 7.58. The lowest BCUT2D eigenvalue weighted by Crippen LogP contribution is -2.36. The fourth-order valence-corrected chi connectivity index (χ4v) is 2.13. The second-order valence-electron chi connectivity index (χ2n) is 5.06. The van der Waals surface area contributed by atoms with Crippen LogP contribution in [0.4, 0.5) is 13.6 Å². The molecule has 0 saturated heterocycles. The monoisotopic (exact) mass is 320 g/mol. The third kappa shape index (κ3) is 4.42. The molecule has 0 spiro atoms. The van der Waals surface area contributed by atoms with Crippen molar-refractivity contribution in [1.29, 1.82) is 0 Å². The number of urea groups is 1. The Kier molecular flexibility index (Phi) is 5.51. The number of carbonyl (C=O) groups is 1. The van der Waals surface area contributed by atoms with E-state index in [2.05, 4.69) is 5.32 Å². The number of para-hydroxylation sites is 1. The van der Waals surface area contributed by atoms with Crippen molar-refractivity contribution in [1.82, 2.24) is 10.2 Å². The van der Waals surface area contributed by atoms with Crippen molar-refractivity contribution >= 4 is 6.03 Å². The summed E-state index contributed by atoms with van der Waals surface area (Å²) in [6.45, 7) is 0.336. The first-order valence-corrected chi connectivity index (χ1v) is 7.06. The third-order valence-corrected chi connectivity index (χ3v) is 3.39. The molecule has 2 amide bonds. The van der Waals surface area contributed by atoms with E-state index in [9.17, 15) is 13.6 Å². The lowest BCUT2D eigenvalue weighted by atomic mass is 10.2. The Morgan fingerprint density at radius 2 is 1.91 bits per heavy atom. The van der Waals surface area contributed by atoms with Gasteiger partial charge >= 0.3 is 6.03 Å². The zero-order chi connectivity index (χ0) is 16.8. The second-order valence-corrected chi connectivity index (χ2v) is 5.06. The highest BCUT2D eigenvalue weighted by atomic mass is 19.1. The minimum atomic E-state index is -0.672. The molecule has 1 N–H and O–H groups in total. The van der Waals surface area contributed by atoms with Gasteiger partial charge in [-0.2, -0.15) is 0 Å². The molecule has 122 valence electrons. The van der Waals surface area contributed by atoms with E-state index in [0.29, 0.717) is 12.3 Å². The number of amides is 2. The van der Waals surface area contributed by atoms with Gasteiger partial charge in [0.15, 0.2) is 0 Å². The number of halogens is 2. The first kappa shape index (κ1) is 16.7. The normalized spacial score (nSPS) is 10.3. The number of benzene rings is 2. The smallest absolute Gasteiger partial charge is 0.317 e. The topological polar surface area (TPSA) is 41.6 Å². The summed E-state index contributed by atoms with van der Waals surface area (Å²) >= 11 is 0. The van der Waals surface area contributed by atoms with Crippen LogP contribution in [0.25, 0.3) is 0 Å². The van der Waals surface area contributed by atoms with Gasteiger partial charge in [-0.15, -0.1) is 0 Å². The maximum absolute atomic E-state index is 13.6. The molecular formula is C17H18F2N2O2. The van der Waals surface area contributed by atoms with Crippen molar-refractivity contribution in [2.45, 2.75) is 13.1 Å². The van der Waals surface area contributed by atoms with Gasteiger partial charge in [0, 0.05) is 37.3 Å². The Morgan fingerprint density at radius 1 is 1.17 bits per heavy atom. The van der Waals surface area contributed by atoms with Crippen LogP contribution in [0.2, 0.25) is 0 Å². The number of methoxy groups -OCH3 is 1. The highest BCUT2D eigenvalue weighted by Gasteiger charge is 2.12. The Hall–Kier alpha value is -2.63. The molecule has 0 fully saturated rings. The van der Waals surface area contributed by atoms with Crippen LogP contribution in [-0.4, -0.2) is 25.1 Å². The predicted molar refractivity (Wildman–Crippen MR) is 83.1 cm³/mol. The van der Waals surface area contributed by atoms with Gasteiger partial charge in [-0.25, -0.2) is 13.6 Å². The van der Waals surface area contributed by atoms with Gasteiger partial charge in [0.1, 0.15) is 17.4 Å². The van der Waals surface area contributed by atoms with Gasteiger partial charge in [-0.1, -0.05) is 24.3 Å². The first-order valence-electron chi connectivity index (χ1n) is 7.06. The van der Waals surface area contributed by atoms with Crippen LogP contribution in [0, 0.1) is 11.6 Å². The number of rotatable bonds is 5. The van der Waals surface area contributed by atoms with Gasteiger partial charge < -0.3 is 15.0 Å². The quantitative estimate of drug-likeness (QED) is 0.918. The highest BCUT2D eigenvalue weighted by molar-refractivity contribution is 5.74. The molecule has 0 aromatic heterocycles. The summed E-state index contributed by atoms with van der Waals surface area (Å²) in [4.78, 5) is 13.4. The lowest BCUT2D eigenvalue weighted by Gasteiger charge is -2.19. The minimum absolute atomic E-state index is 0.0455. The molecule has 2 aromatic carbocycles. The van der Waals surface area contributed by atoms with Crippen molar-refractivity contribution in [3.05, 3.63) is 65.2 Å². The van der Waals surface area contributed by atoms with E-state index in [1.165, 1.54) is 17.0 Å². The molecule has 0 atom stereocenters. The summed E-state index contributed by atoms with van der Waals surface area (Å²) in [6.07, 6.45) is 0. The van der Waals surface area contributed by atoms with Crippen molar-refractivity contribution < 1.29 is 18.3 Å².